The van der Waals surface area contributed by atoms with Gasteiger partial charge < -0.3 is 19.3 Å². The molecule has 1 heterocycles. The lowest BCUT2D eigenvalue weighted by Gasteiger charge is -2.19. The third-order valence-corrected chi connectivity index (χ3v) is 4.60. The summed E-state index contributed by atoms with van der Waals surface area (Å²) in [5.74, 6) is -0.461. The van der Waals surface area contributed by atoms with E-state index in [1.54, 1.807) is 0 Å². The second-order valence-electron chi connectivity index (χ2n) is 6.45. The molecule has 6 heteroatoms. The fraction of sp³-hybridized carbons (Fsp3) is 0.667. The molecule has 2 aliphatic rings. The molecular weight excluding hydrogens is 312 g/mol. The van der Waals surface area contributed by atoms with Crippen molar-refractivity contribution in [1.29, 1.82) is 0 Å². The smallest absolute Gasteiger partial charge is 0.460 e. The molecule has 6 nitrogen and oxygen atoms in total. The van der Waals surface area contributed by atoms with Crippen LogP contribution in [0, 0.1) is 11.8 Å². The first-order chi connectivity index (χ1) is 11.5. The molecule has 0 spiro atoms. The molecule has 1 N–H and O–H groups in total. The summed E-state index contributed by atoms with van der Waals surface area (Å²) in [6.45, 7) is 1.87. The van der Waals surface area contributed by atoms with Gasteiger partial charge in [0.05, 0.1) is 19.3 Å². The molecule has 0 aromatic rings. The molecule has 134 valence electrons. The normalized spacial score (nSPS) is 37.0. The van der Waals surface area contributed by atoms with Crippen molar-refractivity contribution in [2.45, 2.75) is 57.3 Å². The van der Waals surface area contributed by atoms with Gasteiger partial charge in [-0.05, 0) is 56.9 Å². The topological polar surface area (TPSA) is 82.1 Å². The lowest BCUT2D eigenvalue weighted by atomic mass is 9.90. The van der Waals surface area contributed by atoms with E-state index in [0.717, 1.165) is 19.3 Å². The highest BCUT2D eigenvalue weighted by atomic mass is 16.7. The van der Waals surface area contributed by atoms with Crippen LogP contribution < -0.4 is 0 Å². The van der Waals surface area contributed by atoms with Gasteiger partial charge in [-0.1, -0.05) is 12.2 Å². The zero-order valence-corrected chi connectivity index (χ0v) is 14.2. The first-order valence-corrected chi connectivity index (χ1v) is 8.47. The van der Waals surface area contributed by atoms with Crippen LogP contribution in [0.25, 0.3) is 0 Å². The highest BCUT2D eigenvalue weighted by molar-refractivity contribution is 5.82. The summed E-state index contributed by atoms with van der Waals surface area (Å²) in [5.41, 5.74) is 0. The van der Waals surface area contributed by atoms with E-state index in [0.29, 0.717) is 12.8 Å². The van der Waals surface area contributed by atoms with E-state index < -0.39 is 18.2 Å². The van der Waals surface area contributed by atoms with Gasteiger partial charge in [0.25, 0.3) is 0 Å². The number of aliphatic hydroxyl groups excluding tert-OH is 1. The van der Waals surface area contributed by atoms with Gasteiger partial charge >= 0.3 is 12.1 Å². The number of rotatable bonds is 1. The fourth-order valence-electron chi connectivity index (χ4n) is 3.36. The van der Waals surface area contributed by atoms with Gasteiger partial charge in [-0.3, -0.25) is 0 Å². The van der Waals surface area contributed by atoms with Gasteiger partial charge in [-0.15, -0.1) is 0 Å². The lowest BCUT2D eigenvalue weighted by molar-refractivity contribution is -0.142. The standard InChI is InChI=1S/C18H26O6/c1-12-6-4-3-5-7-13-10-14(24-18(21)22-2)11-15(13)16(19)8-9-17(20)23-12/h5,7-9,12-16,19H,3-4,6,10-11H2,1-2H3/b7-5+,9-8+/t12-,13+,14-,15+,16+/m0/s1. The zero-order valence-electron chi connectivity index (χ0n) is 14.2. The minimum absolute atomic E-state index is 0.0912. The van der Waals surface area contributed by atoms with Crippen molar-refractivity contribution in [2.75, 3.05) is 7.11 Å². The monoisotopic (exact) mass is 338 g/mol. The number of fused-ring (bicyclic) bond motifs is 1. The third kappa shape index (κ3) is 5.37. The number of methoxy groups -OCH3 is 1. The molecule has 0 radical (unpaired) electrons. The van der Waals surface area contributed by atoms with Crippen LogP contribution in [0.3, 0.4) is 0 Å². The van der Waals surface area contributed by atoms with Crippen molar-refractivity contribution >= 4 is 12.1 Å². The number of aliphatic hydroxyl groups is 1. The maximum atomic E-state index is 11.8. The van der Waals surface area contributed by atoms with Gasteiger partial charge in [-0.25, -0.2) is 9.59 Å². The summed E-state index contributed by atoms with van der Waals surface area (Å²) in [7, 11) is 1.27. The van der Waals surface area contributed by atoms with E-state index >= 15 is 0 Å². The van der Waals surface area contributed by atoms with Crippen molar-refractivity contribution in [3.63, 3.8) is 0 Å². The van der Waals surface area contributed by atoms with Gasteiger partial charge in [-0.2, -0.15) is 0 Å². The highest BCUT2D eigenvalue weighted by Crippen LogP contribution is 2.38. The van der Waals surface area contributed by atoms with Crippen molar-refractivity contribution in [1.82, 2.24) is 0 Å². The Labute approximate surface area is 142 Å². The van der Waals surface area contributed by atoms with Gasteiger partial charge in [0, 0.05) is 6.08 Å². The van der Waals surface area contributed by atoms with Crippen molar-refractivity contribution in [3.05, 3.63) is 24.3 Å². The van der Waals surface area contributed by atoms with Gasteiger partial charge in [0.15, 0.2) is 0 Å². The minimum Gasteiger partial charge on any atom is -0.460 e. The Bertz CT molecular complexity index is 498. The second kappa shape index (κ2) is 8.87. The Hall–Kier alpha value is -1.82. The van der Waals surface area contributed by atoms with Crippen LogP contribution in [0.1, 0.15) is 39.0 Å². The molecule has 1 aliphatic carbocycles. The Morgan fingerprint density at radius 3 is 2.88 bits per heavy atom. The summed E-state index contributed by atoms with van der Waals surface area (Å²) < 4.78 is 15.0. The van der Waals surface area contributed by atoms with E-state index in [2.05, 4.69) is 16.9 Å². The number of carbonyl (C=O) groups is 2. The molecule has 2 rings (SSSR count). The fourth-order valence-corrected chi connectivity index (χ4v) is 3.36. The summed E-state index contributed by atoms with van der Waals surface area (Å²) in [4.78, 5) is 23.1. The first kappa shape index (κ1) is 18.5. The molecule has 1 aliphatic heterocycles. The summed E-state index contributed by atoms with van der Waals surface area (Å²) in [5, 5.41) is 10.4. The third-order valence-electron chi connectivity index (χ3n) is 4.60. The molecule has 0 amide bonds. The quantitative estimate of drug-likeness (QED) is 0.585. The zero-order chi connectivity index (χ0) is 17.5. The average molecular weight is 338 g/mol. The molecule has 1 fully saturated rings. The van der Waals surface area contributed by atoms with Crippen LogP contribution in [0.5, 0.6) is 0 Å². The molecule has 0 aromatic heterocycles. The number of cyclic esters (lactones) is 1. The summed E-state index contributed by atoms with van der Waals surface area (Å²) in [6.07, 6.45) is 8.80. The van der Waals surface area contributed by atoms with Gasteiger partial charge in [0.2, 0.25) is 0 Å². The highest BCUT2D eigenvalue weighted by Gasteiger charge is 2.38. The number of carbonyl (C=O) groups excluding carboxylic acids is 2. The molecule has 5 atom stereocenters. The number of hydrogen-bond acceptors (Lipinski definition) is 6. The van der Waals surface area contributed by atoms with E-state index in [9.17, 15) is 14.7 Å². The Kier molecular flexibility index (Phi) is 6.85. The number of hydrogen-bond donors (Lipinski definition) is 1. The second-order valence-corrected chi connectivity index (χ2v) is 6.45. The SMILES string of the molecule is COC(=O)O[C@@H]1C[C@H]2[C@H](O)/C=C/C(=O)O[C@@H](C)CCC/C=C/[C@@H]2C1. The Morgan fingerprint density at radius 1 is 1.33 bits per heavy atom. The number of allylic oxidation sites excluding steroid dienone is 2. The molecular formula is C18H26O6. The maximum Gasteiger partial charge on any atom is 0.508 e. The van der Waals surface area contributed by atoms with Crippen molar-refractivity contribution < 1.29 is 28.9 Å². The van der Waals surface area contributed by atoms with Crippen molar-refractivity contribution in [2.24, 2.45) is 11.8 Å². The van der Waals surface area contributed by atoms with Crippen LogP contribution in [0.4, 0.5) is 4.79 Å². The molecule has 0 bridgehead atoms. The van der Waals surface area contributed by atoms with E-state index in [-0.39, 0.29) is 24.0 Å². The predicted molar refractivity (Wildman–Crippen MR) is 87.2 cm³/mol. The first-order valence-electron chi connectivity index (χ1n) is 8.47. The Balaban J connectivity index is 2.09. The number of ether oxygens (including phenoxy) is 3. The molecule has 1 saturated carbocycles. The lowest BCUT2D eigenvalue weighted by Crippen LogP contribution is -2.22. The molecule has 0 aromatic carbocycles. The van der Waals surface area contributed by atoms with Crippen LogP contribution in [-0.2, 0) is 19.0 Å². The largest absolute Gasteiger partial charge is 0.508 e. The van der Waals surface area contributed by atoms with Crippen LogP contribution in [-0.4, -0.2) is 42.7 Å². The minimum atomic E-state index is -0.797. The predicted octanol–water partition coefficient (Wildman–Crippen LogP) is 2.75. The average Bonchev–Trinajstić information content (AvgIpc) is 2.94. The van der Waals surface area contributed by atoms with E-state index in [1.165, 1.54) is 19.3 Å². The summed E-state index contributed by atoms with van der Waals surface area (Å²) >= 11 is 0. The van der Waals surface area contributed by atoms with Crippen LogP contribution >= 0.6 is 0 Å². The maximum absolute atomic E-state index is 11.8. The van der Waals surface area contributed by atoms with E-state index in [4.69, 9.17) is 9.47 Å². The molecule has 0 unspecified atom stereocenters. The van der Waals surface area contributed by atoms with Crippen molar-refractivity contribution in [3.8, 4) is 0 Å². The molecule has 0 saturated heterocycles. The van der Waals surface area contributed by atoms with Crippen LogP contribution in [0.2, 0.25) is 0 Å². The molecule has 24 heavy (non-hydrogen) atoms. The Morgan fingerprint density at radius 2 is 2.12 bits per heavy atom. The van der Waals surface area contributed by atoms with E-state index in [1.807, 2.05) is 6.92 Å². The summed E-state index contributed by atoms with van der Waals surface area (Å²) in [6, 6.07) is 0. The number of esters is 1. The van der Waals surface area contributed by atoms with Crippen LogP contribution in [0.15, 0.2) is 24.3 Å². The van der Waals surface area contributed by atoms with Gasteiger partial charge in [0.1, 0.15) is 6.10 Å².